The zero-order valence-electron chi connectivity index (χ0n) is 14.1. The summed E-state index contributed by atoms with van der Waals surface area (Å²) >= 11 is 6.27. The van der Waals surface area contributed by atoms with E-state index in [1.807, 2.05) is 48.5 Å². The van der Waals surface area contributed by atoms with Gasteiger partial charge < -0.3 is 15.0 Å². The molecule has 5 heteroatoms. The number of amides is 1. The monoisotopic (exact) mass is 363 g/mol. The summed E-state index contributed by atoms with van der Waals surface area (Å²) in [6.07, 6.45) is 0. The lowest BCUT2D eigenvalue weighted by atomic mass is 10.1. The molecule has 4 rings (SSSR count). The topological polar surface area (TPSA) is 57.2 Å². The Hall–Kier alpha value is -2.98. The van der Waals surface area contributed by atoms with Gasteiger partial charge in [0.25, 0.3) is 0 Å². The van der Waals surface area contributed by atoms with Gasteiger partial charge in [-0.1, -0.05) is 35.9 Å². The Kier molecular flexibility index (Phi) is 4.05. The van der Waals surface area contributed by atoms with Crippen molar-refractivity contribution in [2.75, 3.05) is 7.11 Å². The number of carbonyl (C=O) groups is 1. The molecule has 0 atom stereocenters. The molecule has 0 bridgehead atoms. The van der Waals surface area contributed by atoms with Crippen LogP contribution in [0.25, 0.3) is 21.8 Å². The first-order valence-corrected chi connectivity index (χ1v) is 8.52. The number of methoxy groups -OCH3 is 1. The fourth-order valence-corrected chi connectivity index (χ4v) is 3.66. The Morgan fingerprint density at radius 1 is 1.19 bits per heavy atom. The van der Waals surface area contributed by atoms with Gasteiger partial charge in [-0.25, -0.2) is 0 Å². The van der Waals surface area contributed by atoms with Crippen molar-refractivity contribution in [2.24, 2.45) is 5.73 Å². The van der Waals surface area contributed by atoms with Crippen LogP contribution in [0.3, 0.4) is 0 Å². The van der Waals surface area contributed by atoms with Crippen LogP contribution in [0.5, 0.6) is 5.75 Å². The van der Waals surface area contributed by atoms with E-state index in [4.69, 9.17) is 22.1 Å². The lowest BCUT2D eigenvalue weighted by Crippen LogP contribution is -2.11. The van der Waals surface area contributed by atoms with Gasteiger partial charge in [0.2, 0.25) is 5.91 Å². The molecule has 0 spiro atoms. The van der Waals surface area contributed by atoms with Crippen molar-refractivity contribution in [3.8, 4) is 5.75 Å². The van der Waals surface area contributed by atoms with E-state index in [1.54, 1.807) is 13.2 Å². The lowest BCUT2D eigenvalue weighted by molar-refractivity contribution is 0.100. The zero-order chi connectivity index (χ0) is 18.3. The van der Waals surface area contributed by atoms with Crippen molar-refractivity contribution in [1.29, 1.82) is 0 Å². The Morgan fingerprint density at radius 3 is 2.73 bits per heavy atom. The molecular weight excluding hydrogens is 348 g/mol. The molecule has 0 aliphatic carbocycles. The summed E-state index contributed by atoms with van der Waals surface area (Å²) < 4.78 is 7.37. The Morgan fingerprint density at radius 2 is 2.00 bits per heavy atom. The highest BCUT2D eigenvalue weighted by Gasteiger charge is 2.16. The van der Waals surface area contributed by atoms with Gasteiger partial charge in [-0.3, -0.25) is 4.79 Å². The minimum absolute atomic E-state index is 0.445. The fraction of sp³-hybridized carbons (Fsp3) is 0.0952. The van der Waals surface area contributed by atoms with Gasteiger partial charge in [-0.15, -0.1) is 0 Å². The quantitative estimate of drug-likeness (QED) is 0.584. The van der Waals surface area contributed by atoms with Crippen LogP contribution in [0.2, 0.25) is 5.02 Å². The maximum Gasteiger partial charge on any atom is 0.249 e. The lowest BCUT2D eigenvalue weighted by Gasteiger charge is -2.10. The standard InChI is InChI=1S/C21H16ClN2O2/c1-26-19-10-9-13(11-16(19)22)12-24-17-7-3-2-5-14(17)20-15(21(23)25)6-4-8-18(20)24/h2-4,6-11H,12H2,1H3,(H2,23,25). The number of aromatic nitrogens is 1. The Labute approximate surface area is 155 Å². The SMILES string of the molecule is COc1ccc(Cn2c3ccc[c]c3c3c(C(N)=O)cccc32)cc1Cl. The minimum Gasteiger partial charge on any atom is -0.495 e. The molecule has 0 aliphatic heterocycles. The van der Waals surface area contributed by atoms with E-state index in [-0.39, 0.29) is 0 Å². The van der Waals surface area contributed by atoms with Crippen LogP contribution in [0.1, 0.15) is 15.9 Å². The Bertz CT molecular complexity index is 1150. The highest BCUT2D eigenvalue weighted by molar-refractivity contribution is 6.32. The van der Waals surface area contributed by atoms with Crippen molar-refractivity contribution in [2.45, 2.75) is 6.54 Å². The predicted molar refractivity (Wildman–Crippen MR) is 104 cm³/mol. The summed E-state index contributed by atoms with van der Waals surface area (Å²) in [6, 6.07) is 20.3. The summed E-state index contributed by atoms with van der Waals surface area (Å²) in [7, 11) is 1.59. The second-order valence-electron chi connectivity index (χ2n) is 6.05. The molecule has 4 aromatic rings. The number of nitrogens with two attached hydrogens (primary N) is 1. The second kappa shape index (κ2) is 6.39. The molecule has 0 aliphatic rings. The van der Waals surface area contributed by atoms with E-state index in [0.29, 0.717) is 22.9 Å². The normalized spacial score (nSPS) is 11.2. The first-order valence-electron chi connectivity index (χ1n) is 8.14. The van der Waals surface area contributed by atoms with Gasteiger partial charge >= 0.3 is 0 Å². The van der Waals surface area contributed by atoms with Crippen molar-refractivity contribution in [1.82, 2.24) is 4.57 Å². The van der Waals surface area contributed by atoms with E-state index >= 15 is 0 Å². The molecule has 0 unspecified atom stereocenters. The molecule has 26 heavy (non-hydrogen) atoms. The predicted octanol–water partition coefficient (Wildman–Crippen LogP) is 4.40. The average Bonchev–Trinajstić information content (AvgIpc) is 2.96. The number of carbonyl (C=O) groups excluding carboxylic acids is 1. The van der Waals surface area contributed by atoms with E-state index in [0.717, 1.165) is 27.4 Å². The molecule has 1 amide bonds. The number of hydrogen-bond acceptors (Lipinski definition) is 2. The van der Waals surface area contributed by atoms with Crippen LogP contribution in [0.4, 0.5) is 0 Å². The smallest absolute Gasteiger partial charge is 0.249 e. The number of benzene rings is 3. The zero-order valence-corrected chi connectivity index (χ0v) is 14.9. The van der Waals surface area contributed by atoms with Crippen LogP contribution in [-0.4, -0.2) is 17.6 Å². The van der Waals surface area contributed by atoms with Gasteiger partial charge in [0.15, 0.2) is 0 Å². The summed E-state index contributed by atoms with van der Waals surface area (Å²) in [5.74, 6) is 0.196. The second-order valence-corrected chi connectivity index (χ2v) is 6.46. The molecule has 4 nitrogen and oxygen atoms in total. The highest BCUT2D eigenvalue weighted by Crippen LogP contribution is 2.33. The Balaban J connectivity index is 1.95. The molecule has 1 aromatic heterocycles. The minimum atomic E-state index is -0.445. The number of rotatable bonds is 4. The van der Waals surface area contributed by atoms with E-state index < -0.39 is 5.91 Å². The maximum atomic E-state index is 11.9. The molecule has 0 saturated heterocycles. The van der Waals surface area contributed by atoms with E-state index in [2.05, 4.69) is 10.6 Å². The summed E-state index contributed by atoms with van der Waals surface area (Å²) in [6.45, 7) is 0.601. The van der Waals surface area contributed by atoms with Crippen LogP contribution < -0.4 is 10.5 Å². The number of halogens is 1. The molecular formula is C21H16ClN2O2. The van der Waals surface area contributed by atoms with Gasteiger partial charge in [0.1, 0.15) is 5.75 Å². The van der Waals surface area contributed by atoms with Gasteiger partial charge in [-0.05, 0) is 42.0 Å². The first kappa shape index (κ1) is 16.5. The summed E-state index contributed by atoms with van der Waals surface area (Å²) in [4.78, 5) is 11.9. The van der Waals surface area contributed by atoms with Crippen molar-refractivity contribution in [3.05, 3.63) is 76.8 Å². The van der Waals surface area contributed by atoms with Crippen LogP contribution in [0, 0.1) is 6.07 Å². The van der Waals surface area contributed by atoms with Crippen LogP contribution in [-0.2, 0) is 6.54 Å². The molecule has 1 heterocycles. The van der Waals surface area contributed by atoms with Gasteiger partial charge in [-0.2, -0.15) is 0 Å². The van der Waals surface area contributed by atoms with Crippen molar-refractivity contribution >= 4 is 39.3 Å². The number of primary amides is 1. The first-order chi connectivity index (χ1) is 12.6. The van der Waals surface area contributed by atoms with Crippen molar-refractivity contribution in [3.63, 3.8) is 0 Å². The third-order valence-corrected chi connectivity index (χ3v) is 4.83. The fourth-order valence-electron chi connectivity index (χ4n) is 3.38. The van der Waals surface area contributed by atoms with Crippen LogP contribution >= 0.6 is 11.6 Å². The maximum absolute atomic E-state index is 11.9. The van der Waals surface area contributed by atoms with E-state index in [9.17, 15) is 4.79 Å². The molecule has 0 fully saturated rings. The van der Waals surface area contributed by atoms with Crippen LogP contribution in [0.15, 0.2) is 54.6 Å². The number of hydrogen-bond donors (Lipinski definition) is 1. The van der Waals surface area contributed by atoms with Crippen molar-refractivity contribution < 1.29 is 9.53 Å². The molecule has 129 valence electrons. The largest absolute Gasteiger partial charge is 0.495 e. The molecule has 1 radical (unpaired) electrons. The molecule has 0 saturated carbocycles. The summed E-state index contributed by atoms with van der Waals surface area (Å²) in [5, 5.41) is 2.28. The summed E-state index contributed by atoms with van der Waals surface area (Å²) in [5.41, 5.74) is 9.05. The molecule has 2 N–H and O–H groups in total. The third kappa shape index (κ3) is 2.59. The third-order valence-electron chi connectivity index (χ3n) is 4.53. The molecule has 3 aromatic carbocycles. The number of ether oxygens (including phenoxy) is 1. The number of nitrogens with zero attached hydrogens (tertiary/aromatic N) is 1. The van der Waals surface area contributed by atoms with Gasteiger partial charge in [0, 0.05) is 22.9 Å². The van der Waals surface area contributed by atoms with Gasteiger partial charge in [0.05, 0.1) is 23.2 Å². The highest BCUT2D eigenvalue weighted by atomic mass is 35.5. The average molecular weight is 364 g/mol. The number of fused-ring (bicyclic) bond motifs is 3. The van der Waals surface area contributed by atoms with E-state index in [1.165, 1.54) is 0 Å².